The predicted molar refractivity (Wildman–Crippen MR) is 146 cm³/mol. The lowest BCUT2D eigenvalue weighted by molar-refractivity contribution is -0.199. The Bertz CT molecular complexity index is 817. The van der Waals surface area contributed by atoms with E-state index in [1.54, 1.807) is 0 Å². The molecule has 35 heavy (non-hydrogen) atoms. The van der Waals surface area contributed by atoms with Gasteiger partial charge < -0.3 is 18.5 Å². The summed E-state index contributed by atoms with van der Waals surface area (Å²) in [5.41, 5.74) is -0.478. The first kappa shape index (κ1) is 29.2. The Morgan fingerprint density at radius 2 is 1.80 bits per heavy atom. The Balaban J connectivity index is 1.63. The highest BCUT2D eigenvalue weighted by Gasteiger charge is 2.68. The molecule has 0 spiro atoms. The first-order chi connectivity index (χ1) is 15.8. The maximum Gasteiger partial charge on any atom is 0.477 e. The van der Waals surface area contributed by atoms with Crippen LogP contribution in [0.4, 0.5) is 0 Å². The van der Waals surface area contributed by atoms with Crippen LogP contribution < -0.4 is 0 Å². The molecule has 3 saturated carbocycles. The molecule has 5 nitrogen and oxygen atoms in total. The maximum atomic E-state index is 12.6. The van der Waals surface area contributed by atoms with Crippen molar-refractivity contribution in [2.24, 2.45) is 17.3 Å². The summed E-state index contributed by atoms with van der Waals surface area (Å²) in [5, 5.41) is -0.266. The molecule has 1 heterocycles. The number of carbonyl (C=O) groups is 1. The van der Waals surface area contributed by atoms with Crippen molar-refractivity contribution in [2.75, 3.05) is 0 Å². The molecule has 1 saturated heterocycles. The number of ether oxygens (including phenoxy) is 1. The smallest absolute Gasteiger partial charge is 0.460 e. The average Bonchev–Trinajstić information content (AvgIpc) is 3.02. The van der Waals surface area contributed by atoms with Crippen molar-refractivity contribution in [1.82, 2.24) is 0 Å². The van der Waals surface area contributed by atoms with Crippen LogP contribution in [0.2, 0.25) is 18.1 Å². The fourth-order valence-corrected chi connectivity index (χ4v) is 7.26. The third-order valence-corrected chi connectivity index (χ3v) is 13.9. The van der Waals surface area contributed by atoms with Crippen LogP contribution in [0.25, 0.3) is 0 Å². The Kier molecular flexibility index (Phi) is 8.15. The zero-order valence-corrected chi connectivity index (χ0v) is 25.6. The summed E-state index contributed by atoms with van der Waals surface area (Å²) in [6, 6.07) is 0. The highest BCUT2D eigenvalue weighted by molar-refractivity contribution is 6.74. The number of allylic oxidation sites excluding steroid dienone is 1. The zero-order valence-electron chi connectivity index (χ0n) is 23.9. The van der Waals surface area contributed by atoms with E-state index < -0.39 is 21.0 Å². The molecule has 1 aliphatic heterocycles. The van der Waals surface area contributed by atoms with Gasteiger partial charge in [0.1, 0.15) is 5.60 Å². The number of carbonyl (C=O) groups excluding carboxylic acids is 1. The first-order valence-corrected chi connectivity index (χ1v) is 16.6. The number of alkyl halides is 1. The number of hydrogen-bond acceptors (Lipinski definition) is 5. The summed E-state index contributed by atoms with van der Waals surface area (Å²) in [4.78, 5) is 12.6. The standard InChI is InChI=1S/C27H48BClO5Si/c1-24(2,3)31-23(30)17-19(33-35(10,11)25(4,5)6)13-12-14-22(29)28-32-21-16-18-15-20(26(18,7)8)27(21,9)34-28/h12-13,18-22H,14-17H2,1-11H3/b13-12-/t18-,19?,20-,21?,22+,27-/m0/s1. The molecule has 0 aromatic rings. The van der Waals surface area contributed by atoms with Gasteiger partial charge in [0, 0.05) is 0 Å². The highest BCUT2D eigenvalue weighted by atomic mass is 35.5. The molecular weight excluding hydrogens is 479 g/mol. The SMILES string of the molecule is CC(C)(C)OC(=O)CC(/C=C\C[C@@H](Cl)B1OC2C[C@@H]3C[C@@H](C3(C)C)[C@]2(C)O1)O[Si](C)(C)C(C)(C)C. The second-order valence-electron chi connectivity index (χ2n) is 14.2. The molecule has 3 aliphatic carbocycles. The first-order valence-electron chi connectivity index (χ1n) is 13.3. The van der Waals surface area contributed by atoms with Crippen LogP contribution in [0.15, 0.2) is 12.2 Å². The van der Waals surface area contributed by atoms with Crippen LogP contribution in [-0.4, -0.2) is 50.1 Å². The van der Waals surface area contributed by atoms with Gasteiger partial charge in [-0.2, -0.15) is 0 Å². The van der Waals surface area contributed by atoms with E-state index in [0.717, 1.165) is 6.42 Å². The molecule has 0 aromatic heterocycles. The quantitative estimate of drug-likeness (QED) is 0.148. The molecule has 0 aromatic carbocycles. The Morgan fingerprint density at radius 1 is 1.17 bits per heavy atom. The van der Waals surface area contributed by atoms with Gasteiger partial charge >= 0.3 is 13.1 Å². The van der Waals surface area contributed by atoms with E-state index in [9.17, 15) is 4.79 Å². The Labute approximate surface area is 220 Å². The normalized spacial score (nSPS) is 32.2. The Morgan fingerprint density at radius 3 is 2.34 bits per heavy atom. The van der Waals surface area contributed by atoms with Crippen molar-refractivity contribution in [3.8, 4) is 0 Å². The van der Waals surface area contributed by atoms with Gasteiger partial charge in [0.2, 0.25) is 0 Å². The van der Waals surface area contributed by atoms with Crippen molar-refractivity contribution in [1.29, 1.82) is 0 Å². The molecule has 4 fully saturated rings. The van der Waals surface area contributed by atoms with Gasteiger partial charge in [0.05, 0.1) is 29.5 Å². The summed E-state index contributed by atoms with van der Waals surface area (Å²) in [5.74, 6) is 0.969. The lowest BCUT2D eigenvalue weighted by atomic mass is 9.43. The van der Waals surface area contributed by atoms with Gasteiger partial charge in [0.15, 0.2) is 8.32 Å². The molecule has 2 unspecified atom stereocenters. The lowest BCUT2D eigenvalue weighted by Gasteiger charge is -2.64. The van der Waals surface area contributed by atoms with Crippen molar-refractivity contribution >= 4 is 33.0 Å². The topological polar surface area (TPSA) is 54.0 Å². The summed E-state index contributed by atoms with van der Waals surface area (Å²) >= 11 is 6.80. The molecule has 2 bridgehead atoms. The van der Waals surface area contributed by atoms with Crippen LogP contribution in [-0.2, 0) is 23.3 Å². The lowest BCUT2D eigenvalue weighted by Crippen LogP contribution is -2.65. The van der Waals surface area contributed by atoms with E-state index in [1.807, 2.05) is 32.9 Å². The van der Waals surface area contributed by atoms with E-state index >= 15 is 0 Å². The second-order valence-corrected chi connectivity index (χ2v) is 19.5. The minimum Gasteiger partial charge on any atom is -0.460 e. The van der Waals surface area contributed by atoms with Crippen LogP contribution in [0.1, 0.15) is 88.0 Å². The molecule has 4 rings (SSSR count). The Hall–Kier alpha value is -0.338. The van der Waals surface area contributed by atoms with Gasteiger partial charge in [-0.3, -0.25) is 4.79 Å². The van der Waals surface area contributed by atoms with Crippen molar-refractivity contribution in [2.45, 2.75) is 135 Å². The van der Waals surface area contributed by atoms with E-state index in [-0.39, 0.29) is 40.5 Å². The fourth-order valence-electron chi connectivity index (χ4n) is 5.78. The summed E-state index contributed by atoms with van der Waals surface area (Å²) in [6.45, 7) is 23.6. The molecule has 8 heteroatoms. The monoisotopic (exact) mass is 526 g/mol. The number of esters is 1. The minimum absolute atomic E-state index is 0.0355. The summed E-state index contributed by atoms with van der Waals surface area (Å²) in [7, 11) is -2.50. The van der Waals surface area contributed by atoms with E-state index in [1.165, 1.54) is 6.42 Å². The fraction of sp³-hybridized carbons (Fsp3) is 0.889. The summed E-state index contributed by atoms with van der Waals surface area (Å²) in [6.07, 6.45) is 6.79. The molecule has 6 atom stereocenters. The van der Waals surface area contributed by atoms with Crippen molar-refractivity contribution < 1.29 is 23.3 Å². The van der Waals surface area contributed by atoms with Crippen LogP contribution in [0.5, 0.6) is 0 Å². The van der Waals surface area contributed by atoms with Crippen LogP contribution in [0.3, 0.4) is 0 Å². The van der Waals surface area contributed by atoms with Crippen LogP contribution in [0, 0.1) is 17.3 Å². The number of hydrogen-bond donors (Lipinski definition) is 0. The molecule has 0 N–H and O–H groups in total. The average molecular weight is 527 g/mol. The molecule has 4 aliphatic rings. The van der Waals surface area contributed by atoms with Gasteiger partial charge in [-0.1, -0.05) is 46.8 Å². The number of rotatable bonds is 8. The maximum absolute atomic E-state index is 12.6. The summed E-state index contributed by atoms with van der Waals surface area (Å²) < 4.78 is 25.0. The van der Waals surface area contributed by atoms with Gasteiger partial charge in [0.25, 0.3) is 0 Å². The number of halogens is 1. The third-order valence-electron chi connectivity index (χ3n) is 9.02. The van der Waals surface area contributed by atoms with E-state index in [4.69, 9.17) is 30.1 Å². The molecule has 0 radical (unpaired) electrons. The molecular formula is C27H48BClO5Si. The highest BCUT2D eigenvalue weighted by Crippen LogP contribution is 2.65. The molecule has 0 amide bonds. The predicted octanol–water partition coefficient (Wildman–Crippen LogP) is 6.93. The van der Waals surface area contributed by atoms with E-state index in [2.05, 4.69) is 54.6 Å². The largest absolute Gasteiger partial charge is 0.477 e. The molecule has 200 valence electrons. The van der Waals surface area contributed by atoms with Gasteiger partial charge in [-0.05, 0) is 82.3 Å². The van der Waals surface area contributed by atoms with Gasteiger partial charge in [-0.15, -0.1) is 11.6 Å². The third kappa shape index (κ3) is 6.22. The van der Waals surface area contributed by atoms with Crippen molar-refractivity contribution in [3.05, 3.63) is 12.2 Å². The van der Waals surface area contributed by atoms with E-state index in [0.29, 0.717) is 23.7 Å². The minimum atomic E-state index is -2.09. The zero-order chi connectivity index (χ0) is 26.6. The van der Waals surface area contributed by atoms with Gasteiger partial charge in [-0.25, -0.2) is 0 Å². The van der Waals surface area contributed by atoms with Crippen LogP contribution >= 0.6 is 11.6 Å². The van der Waals surface area contributed by atoms with Crippen molar-refractivity contribution in [3.63, 3.8) is 0 Å². The second kappa shape index (κ2) is 9.76.